The van der Waals surface area contributed by atoms with Gasteiger partial charge in [0, 0.05) is 36.9 Å². The molecule has 2 unspecified atom stereocenters. The number of aryl methyl sites for hydroxylation is 1. The largest absolute Gasteiger partial charge is 0.306 e. The van der Waals surface area contributed by atoms with Crippen molar-refractivity contribution in [2.24, 2.45) is 0 Å². The molecule has 0 radical (unpaired) electrons. The smallest absolute Gasteiger partial charge is 0.0537 e. The van der Waals surface area contributed by atoms with Crippen molar-refractivity contribution in [2.75, 3.05) is 19.6 Å². The van der Waals surface area contributed by atoms with E-state index in [1.807, 2.05) is 10.9 Å². The molecule has 0 saturated carbocycles. The van der Waals surface area contributed by atoms with Gasteiger partial charge in [-0.1, -0.05) is 6.42 Å². The molecule has 0 bridgehead atoms. The van der Waals surface area contributed by atoms with E-state index in [-0.39, 0.29) is 0 Å². The second-order valence-electron chi connectivity index (χ2n) is 5.78. The second-order valence-corrected chi connectivity index (χ2v) is 5.78. The Bertz CT molecular complexity index is 368. The molecule has 1 N–H and O–H groups in total. The van der Waals surface area contributed by atoms with Crippen molar-refractivity contribution in [3.8, 4) is 0 Å². The molecule has 1 aromatic rings. The molecule has 1 fully saturated rings. The first-order valence-corrected chi connectivity index (χ1v) is 7.69. The average molecular weight is 264 g/mol. The van der Waals surface area contributed by atoms with Crippen molar-refractivity contribution < 1.29 is 0 Å². The lowest BCUT2D eigenvalue weighted by Crippen LogP contribution is -2.42. The quantitative estimate of drug-likeness (QED) is 0.856. The van der Waals surface area contributed by atoms with Crippen molar-refractivity contribution in [3.63, 3.8) is 0 Å². The molecule has 0 spiro atoms. The minimum atomic E-state index is 0.375. The maximum Gasteiger partial charge on any atom is 0.0537 e. The summed E-state index contributed by atoms with van der Waals surface area (Å²) in [4.78, 5) is 2.59. The van der Waals surface area contributed by atoms with Gasteiger partial charge in [-0.25, -0.2) is 0 Å². The van der Waals surface area contributed by atoms with E-state index in [0.717, 1.165) is 13.1 Å². The lowest BCUT2D eigenvalue weighted by atomic mass is 10.1. The number of rotatable bonds is 6. The van der Waals surface area contributed by atoms with E-state index in [0.29, 0.717) is 12.1 Å². The second kappa shape index (κ2) is 7.06. The van der Waals surface area contributed by atoms with Crippen LogP contribution in [0.4, 0.5) is 0 Å². The first-order chi connectivity index (χ1) is 9.19. The van der Waals surface area contributed by atoms with Gasteiger partial charge >= 0.3 is 0 Å². The van der Waals surface area contributed by atoms with E-state index in [1.165, 1.54) is 37.9 Å². The fourth-order valence-corrected chi connectivity index (χ4v) is 2.88. The summed E-state index contributed by atoms with van der Waals surface area (Å²) >= 11 is 0. The summed E-state index contributed by atoms with van der Waals surface area (Å²) in [5.74, 6) is 0. The molecule has 108 valence electrons. The first-order valence-electron chi connectivity index (χ1n) is 7.69. The van der Waals surface area contributed by atoms with Gasteiger partial charge in [-0.15, -0.1) is 0 Å². The van der Waals surface area contributed by atoms with Gasteiger partial charge in [-0.3, -0.25) is 4.68 Å². The van der Waals surface area contributed by atoms with E-state index in [4.69, 9.17) is 0 Å². The maximum absolute atomic E-state index is 4.34. The highest BCUT2D eigenvalue weighted by Crippen LogP contribution is 2.13. The summed E-state index contributed by atoms with van der Waals surface area (Å²) in [5, 5.41) is 8.03. The third-order valence-corrected chi connectivity index (χ3v) is 3.99. The summed E-state index contributed by atoms with van der Waals surface area (Å²) < 4.78 is 1.99. The molecule has 4 heteroatoms. The molecule has 2 atom stereocenters. The molecule has 0 aromatic carbocycles. The van der Waals surface area contributed by atoms with E-state index in [2.05, 4.69) is 42.3 Å². The summed E-state index contributed by atoms with van der Waals surface area (Å²) in [7, 11) is 0. The van der Waals surface area contributed by atoms with E-state index in [1.54, 1.807) is 0 Å². The van der Waals surface area contributed by atoms with Crippen LogP contribution >= 0.6 is 0 Å². The molecule has 0 aliphatic carbocycles. The minimum Gasteiger partial charge on any atom is -0.306 e. The van der Waals surface area contributed by atoms with Crippen molar-refractivity contribution in [1.29, 1.82) is 0 Å². The predicted octanol–water partition coefficient (Wildman–Crippen LogP) is 2.43. The fourth-order valence-electron chi connectivity index (χ4n) is 2.88. The highest BCUT2D eigenvalue weighted by atomic mass is 15.3. The van der Waals surface area contributed by atoms with Crippen molar-refractivity contribution in [3.05, 3.63) is 18.0 Å². The Balaban J connectivity index is 1.78. The van der Waals surface area contributed by atoms with Crippen LogP contribution in [0.2, 0.25) is 0 Å². The van der Waals surface area contributed by atoms with Crippen LogP contribution < -0.4 is 5.32 Å². The number of nitrogens with zero attached hydrogens (tertiary/aromatic N) is 3. The van der Waals surface area contributed by atoms with Gasteiger partial charge in [-0.05, 0) is 46.7 Å². The monoisotopic (exact) mass is 264 g/mol. The van der Waals surface area contributed by atoms with Crippen molar-refractivity contribution in [2.45, 2.75) is 58.7 Å². The van der Waals surface area contributed by atoms with Crippen molar-refractivity contribution in [1.82, 2.24) is 20.0 Å². The number of aromatic nitrogens is 2. The summed E-state index contributed by atoms with van der Waals surface area (Å²) in [6.07, 6.45) is 8.27. The van der Waals surface area contributed by atoms with Crippen LogP contribution in [0.1, 0.15) is 51.6 Å². The van der Waals surface area contributed by atoms with Gasteiger partial charge in [0.1, 0.15) is 0 Å². The molecular weight excluding hydrogens is 236 g/mol. The van der Waals surface area contributed by atoms with Gasteiger partial charge in [0.05, 0.1) is 6.20 Å². The van der Waals surface area contributed by atoms with Crippen LogP contribution in [0.3, 0.4) is 0 Å². The zero-order chi connectivity index (χ0) is 13.7. The Morgan fingerprint density at radius 2 is 2.00 bits per heavy atom. The van der Waals surface area contributed by atoms with Crippen molar-refractivity contribution >= 4 is 0 Å². The Morgan fingerprint density at radius 1 is 1.26 bits per heavy atom. The van der Waals surface area contributed by atoms with Crippen LogP contribution in [-0.2, 0) is 6.54 Å². The Hall–Kier alpha value is -0.870. The lowest BCUT2D eigenvalue weighted by Gasteiger charge is -2.30. The Kier molecular flexibility index (Phi) is 5.40. The van der Waals surface area contributed by atoms with Crippen LogP contribution in [0.25, 0.3) is 0 Å². The number of hydrogen-bond donors (Lipinski definition) is 1. The zero-order valence-electron chi connectivity index (χ0n) is 12.6. The molecule has 2 rings (SSSR count). The van der Waals surface area contributed by atoms with Gasteiger partial charge in [0.2, 0.25) is 0 Å². The molecule has 1 aliphatic rings. The molecule has 2 heterocycles. The minimum absolute atomic E-state index is 0.375. The molecule has 1 aromatic heterocycles. The molecular formula is C15H28N4. The van der Waals surface area contributed by atoms with Gasteiger partial charge in [0.15, 0.2) is 0 Å². The van der Waals surface area contributed by atoms with Crippen LogP contribution in [0.5, 0.6) is 0 Å². The number of likely N-dealkylation sites (tertiary alicyclic amines) is 1. The topological polar surface area (TPSA) is 33.1 Å². The Morgan fingerprint density at radius 3 is 2.63 bits per heavy atom. The average Bonchev–Trinajstić information content (AvgIpc) is 2.88. The fraction of sp³-hybridized carbons (Fsp3) is 0.800. The number of piperidine rings is 1. The van der Waals surface area contributed by atoms with Gasteiger partial charge in [-0.2, -0.15) is 5.10 Å². The Labute approximate surface area is 117 Å². The highest BCUT2D eigenvalue weighted by Gasteiger charge is 2.16. The SMILES string of the molecule is CCn1cc(C(C)NC(C)CN2CCCCC2)cn1. The number of nitrogens with one attached hydrogen (secondary N) is 1. The molecule has 1 saturated heterocycles. The zero-order valence-corrected chi connectivity index (χ0v) is 12.6. The standard InChI is InChI=1S/C15H28N4/c1-4-19-12-15(10-16-19)14(3)17-13(2)11-18-8-6-5-7-9-18/h10,12-14,17H,4-9,11H2,1-3H3. The molecule has 0 amide bonds. The van der Waals surface area contributed by atoms with Crippen LogP contribution in [-0.4, -0.2) is 40.4 Å². The summed E-state index contributed by atoms with van der Waals surface area (Å²) in [5.41, 5.74) is 1.28. The highest BCUT2D eigenvalue weighted by molar-refractivity contribution is 5.09. The number of hydrogen-bond acceptors (Lipinski definition) is 3. The molecule has 4 nitrogen and oxygen atoms in total. The third kappa shape index (κ3) is 4.32. The van der Waals surface area contributed by atoms with Gasteiger partial charge < -0.3 is 10.2 Å². The summed E-state index contributed by atoms with van der Waals surface area (Å²) in [6, 6.07) is 0.901. The molecule has 1 aliphatic heterocycles. The van der Waals surface area contributed by atoms with E-state index in [9.17, 15) is 0 Å². The van der Waals surface area contributed by atoms with Crippen LogP contribution in [0.15, 0.2) is 12.4 Å². The van der Waals surface area contributed by atoms with E-state index < -0.39 is 0 Å². The lowest BCUT2D eigenvalue weighted by molar-refractivity contribution is 0.205. The van der Waals surface area contributed by atoms with Gasteiger partial charge in [0.25, 0.3) is 0 Å². The maximum atomic E-state index is 4.34. The predicted molar refractivity (Wildman–Crippen MR) is 79.2 cm³/mol. The third-order valence-electron chi connectivity index (χ3n) is 3.99. The summed E-state index contributed by atoms with van der Waals surface area (Å²) in [6.45, 7) is 11.3. The van der Waals surface area contributed by atoms with E-state index >= 15 is 0 Å². The first kappa shape index (κ1) is 14.5. The molecule has 19 heavy (non-hydrogen) atoms. The van der Waals surface area contributed by atoms with Crippen LogP contribution in [0, 0.1) is 0 Å². The normalized spacial score (nSPS) is 20.4.